The smallest absolute Gasteiger partial charge is 0.404 e. The molecule has 1 amide bonds. The van der Waals surface area contributed by atoms with Crippen molar-refractivity contribution in [1.29, 1.82) is 0 Å². The van der Waals surface area contributed by atoms with Gasteiger partial charge in [-0.05, 0) is 32.6 Å². The van der Waals surface area contributed by atoms with E-state index < -0.39 is 6.09 Å². The lowest BCUT2D eigenvalue weighted by Crippen LogP contribution is -2.37. The molecule has 4 nitrogen and oxygen atoms in total. The number of carbonyl (C=O) groups excluding carboxylic acids is 1. The number of carbonyl (C=O) groups is 2. The molecule has 4 heteroatoms. The fraction of sp³-hybridized carbons (Fsp3) is 0.778. The quantitative estimate of drug-likeness (QED) is 0.683. The highest BCUT2D eigenvalue weighted by molar-refractivity contribution is 5.78. The molecule has 1 aliphatic rings. The molecular formula is C9H15NO3. The molecule has 0 spiro atoms. The SMILES string of the molecule is CC(=O)C1CCC(NC(=O)O)CC1. The average Bonchev–Trinajstić information content (AvgIpc) is 2.04. The van der Waals surface area contributed by atoms with E-state index in [2.05, 4.69) is 5.32 Å². The van der Waals surface area contributed by atoms with Crippen molar-refractivity contribution in [2.24, 2.45) is 5.92 Å². The minimum absolute atomic E-state index is 0.0492. The second-order valence-corrected chi connectivity index (χ2v) is 3.61. The second kappa shape index (κ2) is 4.25. The summed E-state index contributed by atoms with van der Waals surface area (Å²) in [6.45, 7) is 1.61. The van der Waals surface area contributed by atoms with Crippen molar-refractivity contribution in [3.8, 4) is 0 Å². The van der Waals surface area contributed by atoms with Gasteiger partial charge in [0.25, 0.3) is 0 Å². The maximum atomic E-state index is 11.0. The fourth-order valence-electron chi connectivity index (χ4n) is 1.82. The predicted molar refractivity (Wildman–Crippen MR) is 47.6 cm³/mol. The molecule has 0 atom stereocenters. The second-order valence-electron chi connectivity index (χ2n) is 3.61. The van der Waals surface area contributed by atoms with Gasteiger partial charge in [-0.2, -0.15) is 0 Å². The Hall–Kier alpha value is -1.06. The van der Waals surface area contributed by atoms with Crippen LogP contribution in [0.3, 0.4) is 0 Å². The number of hydrogen-bond acceptors (Lipinski definition) is 2. The van der Waals surface area contributed by atoms with Crippen LogP contribution in [0.2, 0.25) is 0 Å². The number of hydrogen-bond donors (Lipinski definition) is 2. The van der Waals surface area contributed by atoms with E-state index in [9.17, 15) is 9.59 Å². The summed E-state index contributed by atoms with van der Waals surface area (Å²) in [5.74, 6) is 0.389. The van der Waals surface area contributed by atoms with Gasteiger partial charge in [0.2, 0.25) is 0 Å². The van der Waals surface area contributed by atoms with E-state index in [4.69, 9.17) is 5.11 Å². The van der Waals surface area contributed by atoms with Gasteiger partial charge in [0.15, 0.2) is 0 Å². The monoisotopic (exact) mass is 185 g/mol. The Morgan fingerprint density at radius 3 is 2.15 bits per heavy atom. The van der Waals surface area contributed by atoms with Crippen LogP contribution in [0.15, 0.2) is 0 Å². The molecule has 0 aliphatic heterocycles. The number of Topliss-reactive ketones (excluding diaryl/α,β-unsaturated/α-hetero) is 1. The average molecular weight is 185 g/mol. The molecule has 13 heavy (non-hydrogen) atoms. The highest BCUT2D eigenvalue weighted by Gasteiger charge is 2.24. The van der Waals surface area contributed by atoms with Gasteiger partial charge in [0.1, 0.15) is 5.78 Å². The third-order valence-corrected chi connectivity index (χ3v) is 2.63. The number of nitrogens with one attached hydrogen (secondary N) is 1. The fourth-order valence-corrected chi connectivity index (χ4v) is 1.82. The normalized spacial score (nSPS) is 28.1. The van der Waals surface area contributed by atoms with Crippen LogP contribution in [-0.2, 0) is 4.79 Å². The summed E-state index contributed by atoms with van der Waals surface area (Å²) in [7, 11) is 0. The Bertz CT molecular complexity index is 207. The van der Waals surface area contributed by atoms with E-state index in [1.807, 2.05) is 0 Å². The first-order chi connectivity index (χ1) is 6.09. The zero-order valence-electron chi connectivity index (χ0n) is 7.75. The Balaban J connectivity index is 2.30. The van der Waals surface area contributed by atoms with E-state index in [1.54, 1.807) is 6.92 Å². The van der Waals surface area contributed by atoms with Gasteiger partial charge in [-0.1, -0.05) is 0 Å². The molecule has 0 aromatic carbocycles. The molecule has 0 heterocycles. The van der Waals surface area contributed by atoms with Crippen LogP contribution < -0.4 is 5.32 Å². The molecular weight excluding hydrogens is 170 g/mol. The summed E-state index contributed by atoms with van der Waals surface area (Å²) in [5, 5.41) is 10.9. The van der Waals surface area contributed by atoms with Gasteiger partial charge in [-0.15, -0.1) is 0 Å². The first-order valence-corrected chi connectivity index (χ1v) is 4.59. The van der Waals surface area contributed by atoms with Crippen LogP contribution in [0.1, 0.15) is 32.6 Å². The standard InChI is InChI=1S/C9H15NO3/c1-6(11)7-2-4-8(5-3-7)10-9(12)13/h7-8,10H,2-5H2,1H3,(H,12,13). The predicted octanol–water partition coefficient (Wildman–Crippen LogP) is 1.40. The van der Waals surface area contributed by atoms with Crippen molar-refractivity contribution in [3.63, 3.8) is 0 Å². The Labute approximate surface area is 77.3 Å². The molecule has 1 rings (SSSR count). The van der Waals surface area contributed by atoms with E-state index in [1.165, 1.54) is 0 Å². The van der Waals surface area contributed by atoms with Crippen molar-refractivity contribution in [1.82, 2.24) is 5.32 Å². The maximum absolute atomic E-state index is 11.0. The zero-order chi connectivity index (χ0) is 9.84. The Kier molecular flexibility index (Phi) is 3.28. The number of amides is 1. The maximum Gasteiger partial charge on any atom is 0.404 e. The molecule has 0 aromatic heterocycles. The summed E-state index contributed by atoms with van der Waals surface area (Å²) < 4.78 is 0. The van der Waals surface area contributed by atoms with Gasteiger partial charge >= 0.3 is 6.09 Å². The van der Waals surface area contributed by atoms with Crippen LogP contribution in [0.25, 0.3) is 0 Å². The molecule has 0 unspecified atom stereocenters. The van der Waals surface area contributed by atoms with Crippen LogP contribution in [0.4, 0.5) is 4.79 Å². The van der Waals surface area contributed by atoms with Gasteiger partial charge in [0.05, 0.1) is 0 Å². The van der Waals surface area contributed by atoms with E-state index in [-0.39, 0.29) is 17.7 Å². The molecule has 0 radical (unpaired) electrons. The van der Waals surface area contributed by atoms with Crippen molar-refractivity contribution in [2.45, 2.75) is 38.6 Å². The Morgan fingerprint density at radius 2 is 1.77 bits per heavy atom. The minimum atomic E-state index is -0.966. The van der Waals surface area contributed by atoms with Gasteiger partial charge < -0.3 is 10.4 Å². The van der Waals surface area contributed by atoms with Crippen LogP contribution in [0.5, 0.6) is 0 Å². The van der Waals surface area contributed by atoms with E-state index in [0.29, 0.717) is 0 Å². The minimum Gasteiger partial charge on any atom is -0.465 e. The van der Waals surface area contributed by atoms with Gasteiger partial charge in [-0.25, -0.2) is 4.79 Å². The third-order valence-electron chi connectivity index (χ3n) is 2.63. The van der Waals surface area contributed by atoms with E-state index >= 15 is 0 Å². The summed E-state index contributed by atoms with van der Waals surface area (Å²) >= 11 is 0. The van der Waals surface area contributed by atoms with E-state index in [0.717, 1.165) is 25.7 Å². The molecule has 0 aromatic rings. The molecule has 74 valence electrons. The van der Waals surface area contributed by atoms with Crippen LogP contribution >= 0.6 is 0 Å². The highest BCUT2D eigenvalue weighted by Crippen LogP contribution is 2.24. The summed E-state index contributed by atoms with van der Waals surface area (Å²) in [6, 6.07) is 0.0492. The lowest BCUT2D eigenvalue weighted by Gasteiger charge is -2.26. The first kappa shape index (κ1) is 10.0. The summed E-state index contributed by atoms with van der Waals surface area (Å²) in [6.07, 6.45) is 2.25. The van der Waals surface area contributed by atoms with Crippen molar-refractivity contribution in [3.05, 3.63) is 0 Å². The number of carboxylic acid groups (broad SMARTS) is 1. The van der Waals surface area contributed by atoms with Crippen molar-refractivity contribution in [2.75, 3.05) is 0 Å². The number of ketones is 1. The lowest BCUT2D eigenvalue weighted by atomic mass is 9.84. The van der Waals surface area contributed by atoms with Gasteiger partial charge in [0, 0.05) is 12.0 Å². The topological polar surface area (TPSA) is 66.4 Å². The van der Waals surface area contributed by atoms with Crippen LogP contribution in [0, 0.1) is 5.92 Å². The molecule has 1 saturated carbocycles. The highest BCUT2D eigenvalue weighted by atomic mass is 16.4. The summed E-state index contributed by atoms with van der Waals surface area (Å²) in [5.41, 5.74) is 0. The van der Waals surface area contributed by atoms with Crippen molar-refractivity contribution >= 4 is 11.9 Å². The largest absolute Gasteiger partial charge is 0.465 e. The molecule has 1 fully saturated rings. The lowest BCUT2D eigenvalue weighted by molar-refractivity contribution is -0.121. The molecule has 2 N–H and O–H groups in total. The first-order valence-electron chi connectivity index (χ1n) is 4.59. The Morgan fingerprint density at radius 1 is 1.23 bits per heavy atom. The van der Waals surface area contributed by atoms with Crippen molar-refractivity contribution < 1.29 is 14.7 Å². The van der Waals surface area contributed by atoms with Gasteiger partial charge in [-0.3, -0.25) is 4.79 Å². The summed E-state index contributed by atoms with van der Waals surface area (Å²) in [4.78, 5) is 21.3. The molecule has 0 bridgehead atoms. The number of rotatable bonds is 2. The third kappa shape index (κ3) is 3.05. The van der Waals surface area contributed by atoms with Crippen LogP contribution in [-0.4, -0.2) is 23.0 Å². The molecule has 0 saturated heterocycles. The molecule has 1 aliphatic carbocycles. The zero-order valence-corrected chi connectivity index (χ0v) is 7.75.